The number of hydrogen-bond donors (Lipinski definition) is 1. The lowest BCUT2D eigenvalue weighted by molar-refractivity contribution is 0.424. The number of aromatic nitrogens is 2. The van der Waals surface area contributed by atoms with Crippen LogP contribution in [0.4, 0.5) is 5.69 Å². The largest absolute Gasteiger partial charge is 0.399 e. The quantitative estimate of drug-likeness (QED) is 0.744. The average Bonchev–Trinajstić information content (AvgIpc) is 2.90. The molecule has 0 aliphatic carbocycles. The normalized spacial score (nSPS) is 10.7. The molecule has 2 N–H and O–H groups in total. The van der Waals surface area contributed by atoms with Crippen LogP contribution >= 0.6 is 15.9 Å². The first kappa shape index (κ1) is 12.9. The minimum atomic E-state index is 0.486. The Morgan fingerprint density at radius 1 is 1.10 bits per heavy atom. The number of anilines is 1. The van der Waals surface area contributed by atoms with Gasteiger partial charge in [0.15, 0.2) is 5.82 Å². The second-order valence-electron chi connectivity index (χ2n) is 4.41. The first-order valence-corrected chi connectivity index (χ1v) is 6.93. The number of halogens is 1. The third kappa shape index (κ3) is 2.72. The maximum absolute atomic E-state index is 5.75. The van der Waals surface area contributed by atoms with Gasteiger partial charge in [0.25, 0.3) is 5.89 Å². The second-order valence-corrected chi connectivity index (χ2v) is 5.26. The minimum absolute atomic E-state index is 0.486. The molecule has 0 radical (unpaired) electrons. The van der Waals surface area contributed by atoms with Crippen molar-refractivity contribution in [2.24, 2.45) is 0 Å². The highest BCUT2D eigenvalue weighted by atomic mass is 79.9. The summed E-state index contributed by atoms with van der Waals surface area (Å²) < 4.78 is 6.32. The van der Waals surface area contributed by atoms with Crippen molar-refractivity contribution >= 4 is 21.6 Å². The van der Waals surface area contributed by atoms with Crippen molar-refractivity contribution in [3.8, 4) is 11.5 Å². The number of benzene rings is 2. The fraction of sp³-hybridized carbons (Fsp3) is 0.0667. The Morgan fingerprint density at radius 3 is 2.75 bits per heavy atom. The van der Waals surface area contributed by atoms with Crippen molar-refractivity contribution in [3.63, 3.8) is 0 Å². The van der Waals surface area contributed by atoms with Gasteiger partial charge in [0.1, 0.15) is 0 Å². The van der Waals surface area contributed by atoms with Crippen molar-refractivity contribution in [1.82, 2.24) is 10.1 Å². The summed E-state index contributed by atoms with van der Waals surface area (Å²) in [5, 5.41) is 4.01. The smallest absolute Gasteiger partial charge is 0.258 e. The molecular weight excluding hydrogens is 318 g/mol. The standard InChI is InChI=1S/C15H12BrN3O/c16-13-7-2-1-4-10(13)9-14-18-15(20-19-14)11-5-3-6-12(17)8-11/h1-8H,9,17H2. The number of nitrogens with two attached hydrogens (primary N) is 1. The van der Waals surface area contributed by atoms with Gasteiger partial charge in [0, 0.05) is 22.1 Å². The summed E-state index contributed by atoms with van der Waals surface area (Å²) in [5.74, 6) is 1.13. The van der Waals surface area contributed by atoms with Crippen molar-refractivity contribution in [3.05, 3.63) is 64.4 Å². The van der Waals surface area contributed by atoms with E-state index in [1.807, 2.05) is 48.5 Å². The van der Waals surface area contributed by atoms with E-state index in [0.29, 0.717) is 23.8 Å². The van der Waals surface area contributed by atoms with Crippen LogP contribution < -0.4 is 5.73 Å². The first-order chi connectivity index (χ1) is 9.72. The highest BCUT2D eigenvalue weighted by Crippen LogP contribution is 2.22. The molecule has 0 amide bonds. The van der Waals surface area contributed by atoms with E-state index in [0.717, 1.165) is 15.6 Å². The van der Waals surface area contributed by atoms with Crippen LogP contribution in [0.2, 0.25) is 0 Å². The van der Waals surface area contributed by atoms with E-state index >= 15 is 0 Å². The zero-order chi connectivity index (χ0) is 13.9. The summed E-state index contributed by atoms with van der Waals surface area (Å²) in [6.07, 6.45) is 0.618. The molecule has 20 heavy (non-hydrogen) atoms. The second kappa shape index (κ2) is 5.46. The summed E-state index contributed by atoms with van der Waals surface area (Å²) in [4.78, 5) is 4.40. The van der Waals surface area contributed by atoms with Gasteiger partial charge >= 0.3 is 0 Å². The molecule has 0 aliphatic heterocycles. The van der Waals surface area contributed by atoms with Gasteiger partial charge in [-0.15, -0.1) is 0 Å². The SMILES string of the molecule is Nc1cccc(-c2nc(Cc3ccccc3Br)no2)c1. The van der Waals surface area contributed by atoms with E-state index in [1.54, 1.807) is 0 Å². The van der Waals surface area contributed by atoms with Crippen LogP contribution in [0.3, 0.4) is 0 Å². The molecule has 5 heteroatoms. The molecule has 3 aromatic rings. The van der Waals surface area contributed by atoms with Gasteiger partial charge in [0.05, 0.1) is 0 Å². The first-order valence-electron chi connectivity index (χ1n) is 6.14. The van der Waals surface area contributed by atoms with E-state index in [-0.39, 0.29) is 0 Å². The molecule has 1 heterocycles. The summed E-state index contributed by atoms with van der Waals surface area (Å²) in [7, 11) is 0. The summed E-state index contributed by atoms with van der Waals surface area (Å²) in [6.45, 7) is 0. The molecule has 4 nitrogen and oxygen atoms in total. The predicted molar refractivity (Wildman–Crippen MR) is 81.1 cm³/mol. The van der Waals surface area contributed by atoms with Crippen LogP contribution in [0.1, 0.15) is 11.4 Å². The topological polar surface area (TPSA) is 64.9 Å². The van der Waals surface area contributed by atoms with Crippen LogP contribution in [-0.2, 0) is 6.42 Å². The van der Waals surface area contributed by atoms with Crippen LogP contribution in [-0.4, -0.2) is 10.1 Å². The van der Waals surface area contributed by atoms with Gasteiger partial charge in [0.2, 0.25) is 0 Å². The van der Waals surface area contributed by atoms with Gasteiger partial charge in [-0.1, -0.05) is 45.4 Å². The Morgan fingerprint density at radius 2 is 1.95 bits per heavy atom. The van der Waals surface area contributed by atoms with Crippen molar-refractivity contribution in [1.29, 1.82) is 0 Å². The molecule has 0 aliphatic rings. The third-order valence-corrected chi connectivity index (χ3v) is 3.68. The van der Waals surface area contributed by atoms with E-state index in [9.17, 15) is 0 Å². The van der Waals surface area contributed by atoms with Gasteiger partial charge < -0.3 is 10.3 Å². The molecular formula is C15H12BrN3O. The van der Waals surface area contributed by atoms with Crippen molar-refractivity contribution < 1.29 is 4.52 Å². The monoisotopic (exact) mass is 329 g/mol. The summed E-state index contributed by atoms with van der Waals surface area (Å²) >= 11 is 3.51. The molecule has 0 saturated carbocycles. The summed E-state index contributed by atoms with van der Waals surface area (Å²) in [6, 6.07) is 15.4. The van der Waals surface area contributed by atoms with Gasteiger partial charge in [-0.3, -0.25) is 0 Å². The zero-order valence-corrected chi connectivity index (χ0v) is 12.2. The average molecular weight is 330 g/mol. The molecule has 0 unspecified atom stereocenters. The molecule has 0 spiro atoms. The minimum Gasteiger partial charge on any atom is -0.399 e. The predicted octanol–water partition coefficient (Wildman–Crippen LogP) is 3.67. The molecule has 3 rings (SSSR count). The fourth-order valence-electron chi connectivity index (χ4n) is 1.93. The maximum atomic E-state index is 5.75. The van der Waals surface area contributed by atoms with E-state index in [4.69, 9.17) is 10.3 Å². The van der Waals surface area contributed by atoms with Crippen LogP contribution in [0.15, 0.2) is 57.5 Å². The molecule has 100 valence electrons. The summed E-state index contributed by atoms with van der Waals surface area (Å²) in [5.41, 5.74) is 8.37. The fourth-order valence-corrected chi connectivity index (χ4v) is 2.35. The molecule has 2 aromatic carbocycles. The van der Waals surface area contributed by atoms with Gasteiger partial charge in [-0.05, 0) is 29.8 Å². The number of rotatable bonds is 3. The van der Waals surface area contributed by atoms with Crippen LogP contribution in [0.25, 0.3) is 11.5 Å². The van der Waals surface area contributed by atoms with Crippen molar-refractivity contribution in [2.75, 3.05) is 5.73 Å². The molecule has 0 bridgehead atoms. The Labute approximate surface area is 124 Å². The molecule has 1 aromatic heterocycles. The van der Waals surface area contributed by atoms with Gasteiger partial charge in [-0.2, -0.15) is 4.98 Å². The molecule has 0 saturated heterocycles. The number of nitrogens with zero attached hydrogens (tertiary/aromatic N) is 2. The van der Waals surface area contributed by atoms with Gasteiger partial charge in [-0.25, -0.2) is 0 Å². The Balaban J connectivity index is 1.86. The highest BCUT2D eigenvalue weighted by Gasteiger charge is 2.10. The number of hydrogen-bond acceptors (Lipinski definition) is 4. The maximum Gasteiger partial charge on any atom is 0.258 e. The van der Waals surface area contributed by atoms with E-state index < -0.39 is 0 Å². The van der Waals surface area contributed by atoms with E-state index in [2.05, 4.69) is 26.1 Å². The highest BCUT2D eigenvalue weighted by molar-refractivity contribution is 9.10. The Bertz CT molecular complexity index is 739. The van der Waals surface area contributed by atoms with Crippen LogP contribution in [0.5, 0.6) is 0 Å². The van der Waals surface area contributed by atoms with Crippen LogP contribution in [0, 0.1) is 0 Å². The Kier molecular flexibility index (Phi) is 3.52. The number of nitrogen functional groups attached to an aromatic ring is 1. The lowest BCUT2D eigenvalue weighted by atomic mass is 10.1. The lowest BCUT2D eigenvalue weighted by Gasteiger charge is -1.99. The molecule has 0 atom stereocenters. The third-order valence-electron chi connectivity index (χ3n) is 2.91. The Hall–Kier alpha value is -2.14. The molecule has 0 fully saturated rings. The lowest BCUT2D eigenvalue weighted by Crippen LogP contribution is -1.92. The van der Waals surface area contributed by atoms with E-state index in [1.165, 1.54) is 0 Å². The van der Waals surface area contributed by atoms with Crippen molar-refractivity contribution in [2.45, 2.75) is 6.42 Å². The zero-order valence-electron chi connectivity index (χ0n) is 10.6.